The predicted molar refractivity (Wildman–Crippen MR) is 173 cm³/mol. The molecule has 0 unspecified atom stereocenters. The van der Waals surface area contributed by atoms with Crippen LogP contribution in [0.4, 0.5) is 17.1 Å². The van der Waals surface area contributed by atoms with Crippen molar-refractivity contribution in [2.45, 2.75) is 15.5 Å². The summed E-state index contributed by atoms with van der Waals surface area (Å²) in [6.45, 7) is 0. The van der Waals surface area contributed by atoms with Crippen molar-refractivity contribution in [3.8, 4) is 0 Å². The molecule has 0 atom stereocenters. The summed E-state index contributed by atoms with van der Waals surface area (Å²) in [6, 6.07) is 36.0. The van der Waals surface area contributed by atoms with Crippen LogP contribution >= 0.6 is 11.8 Å². The molecule has 0 bridgehead atoms. The van der Waals surface area contributed by atoms with E-state index >= 15 is 0 Å². The third kappa shape index (κ3) is 5.48. The molecule has 10 heteroatoms. The Bertz CT molecular complexity index is 2080. The van der Waals surface area contributed by atoms with Crippen LogP contribution < -0.4 is 4.31 Å². The number of nitro benzene ring substituents is 1. The molecule has 0 radical (unpaired) electrons. The van der Waals surface area contributed by atoms with E-state index in [9.17, 15) is 28.4 Å². The molecule has 0 saturated heterocycles. The standard InChI is InChI=1S/C34H24N2O6S2/c37-34(38)30-21-27(19-20-33(30)43-22-23-15-17-26(18-16-23)36(39)40)44(41,42)35(31-13-5-9-24-7-1-3-11-28(24)31)32-14-6-10-25-8-2-4-12-29(25)32/h1-21H,22H2,(H,37,38). The molecule has 6 rings (SSSR count). The highest BCUT2D eigenvalue weighted by molar-refractivity contribution is 7.98. The van der Waals surface area contributed by atoms with Gasteiger partial charge in [0.05, 0.1) is 26.8 Å². The summed E-state index contributed by atoms with van der Waals surface area (Å²) in [5.41, 5.74) is 1.43. The van der Waals surface area contributed by atoms with Gasteiger partial charge >= 0.3 is 5.97 Å². The van der Waals surface area contributed by atoms with E-state index in [1.54, 1.807) is 36.4 Å². The number of carbonyl (C=O) groups is 1. The zero-order valence-electron chi connectivity index (χ0n) is 23.0. The van der Waals surface area contributed by atoms with Gasteiger partial charge in [0.25, 0.3) is 15.7 Å². The number of rotatable bonds is 9. The summed E-state index contributed by atoms with van der Waals surface area (Å²) in [6.07, 6.45) is 0. The van der Waals surface area contributed by atoms with Crippen LogP contribution in [0.25, 0.3) is 21.5 Å². The van der Waals surface area contributed by atoms with E-state index in [1.807, 2.05) is 60.7 Å². The number of hydrogen-bond donors (Lipinski definition) is 1. The van der Waals surface area contributed by atoms with Crippen molar-refractivity contribution in [3.05, 3.63) is 149 Å². The molecule has 0 amide bonds. The molecule has 6 aromatic rings. The third-order valence-corrected chi connectivity index (χ3v) is 10.1. The smallest absolute Gasteiger partial charge is 0.336 e. The van der Waals surface area contributed by atoms with Crippen molar-refractivity contribution in [1.29, 1.82) is 0 Å². The van der Waals surface area contributed by atoms with Crippen molar-refractivity contribution >= 4 is 66.4 Å². The average molecular weight is 621 g/mol. The lowest BCUT2D eigenvalue weighted by Crippen LogP contribution is -2.27. The molecular formula is C34H24N2O6S2. The maximum Gasteiger partial charge on any atom is 0.336 e. The first kappa shape index (κ1) is 28.9. The lowest BCUT2D eigenvalue weighted by atomic mass is 10.1. The van der Waals surface area contributed by atoms with Crippen molar-refractivity contribution < 1.29 is 23.2 Å². The quantitative estimate of drug-likeness (QED) is 0.0979. The number of sulfonamides is 1. The summed E-state index contributed by atoms with van der Waals surface area (Å²) < 4.78 is 30.6. The van der Waals surface area contributed by atoms with E-state index in [4.69, 9.17) is 0 Å². The second kappa shape index (κ2) is 11.8. The number of carboxylic acid groups (broad SMARTS) is 1. The molecule has 218 valence electrons. The second-order valence-corrected chi connectivity index (χ2v) is 12.7. The van der Waals surface area contributed by atoms with Gasteiger partial charge in [0, 0.05) is 33.6 Å². The van der Waals surface area contributed by atoms with Gasteiger partial charge < -0.3 is 5.11 Å². The van der Waals surface area contributed by atoms with Gasteiger partial charge in [-0.3, -0.25) is 10.1 Å². The Balaban J connectivity index is 1.46. The monoisotopic (exact) mass is 620 g/mol. The molecule has 0 aliphatic heterocycles. The summed E-state index contributed by atoms with van der Waals surface area (Å²) in [5.74, 6) is -0.933. The van der Waals surface area contributed by atoms with Crippen LogP contribution in [0.2, 0.25) is 0 Å². The number of benzene rings is 6. The number of fused-ring (bicyclic) bond motifs is 2. The van der Waals surface area contributed by atoms with Crippen LogP contribution in [0.1, 0.15) is 15.9 Å². The van der Waals surface area contributed by atoms with Gasteiger partial charge in [0.2, 0.25) is 0 Å². The number of thioether (sulfide) groups is 1. The fraction of sp³-hybridized carbons (Fsp3) is 0.0294. The van der Waals surface area contributed by atoms with Gasteiger partial charge in [-0.15, -0.1) is 11.8 Å². The summed E-state index contributed by atoms with van der Waals surface area (Å²) >= 11 is 1.21. The summed E-state index contributed by atoms with van der Waals surface area (Å²) in [7, 11) is -4.35. The van der Waals surface area contributed by atoms with Gasteiger partial charge in [-0.1, -0.05) is 84.9 Å². The Morgan fingerprint density at radius 1 is 0.750 bits per heavy atom. The zero-order chi connectivity index (χ0) is 30.8. The Hall–Kier alpha value is -5.19. The number of non-ortho nitro benzene ring substituents is 1. The van der Waals surface area contributed by atoms with Crippen molar-refractivity contribution in [2.75, 3.05) is 4.31 Å². The predicted octanol–water partition coefficient (Wildman–Crippen LogP) is 8.42. The van der Waals surface area contributed by atoms with Crippen LogP contribution in [0, 0.1) is 10.1 Å². The number of anilines is 2. The van der Waals surface area contributed by atoms with Gasteiger partial charge in [0.15, 0.2) is 0 Å². The van der Waals surface area contributed by atoms with E-state index in [0.717, 1.165) is 27.1 Å². The zero-order valence-corrected chi connectivity index (χ0v) is 24.7. The number of nitrogens with zero attached hydrogens (tertiary/aromatic N) is 2. The van der Waals surface area contributed by atoms with E-state index < -0.39 is 20.9 Å². The normalized spacial score (nSPS) is 11.5. The molecule has 0 spiro atoms. The maximum atomic E-state index is 14.6. The average Bonchev–Trinajstić information content (AvgIpc) is 3.04. The molecule has 44 heavy (non-hydrogen) atoms. The maximum absolute atomic E-state index is 14.6. The fourth-order valence-electron chi connectivity index (χ4n) is 5.10. The number of aromatic carboxylic acids is 1. The van der Waals surface area contributed by atoms with Crippen molar-refractivity contribution in [1.82, 2.24) is 0 Å². The molecule has 0 saturated carbocycles. The van der Waals surface area contributed by atoms with E-state index in [0.29, 0.717) is 22.0 Å². The Kier molecular flexibility index (Phi) is 7.77. The Labute approximate surface area is 257 Å². The van der Waals surface area contributed by atoms with Crippen LogP contribution in [-0.2, 0) is 15.8 Å². The first-order valence-electron chi connectivity index (χ1n) is 13.5. The first-order valence-corrected chi connectivity index (χ1v) is 15.9. The Morgan fingerprint density at radius 2 is 1.30 bits per heavy atom. The van der Waals surface area contributed by atoms with Crippen molar-refractivity contribution in [2.24, 2.45) is 0 Å². The van der Waals surface area contributed by atoms with Gasteiger partial charge in [-0.2, -0.15) is 0 Å². The summed E-state index contributed by atoms with van der Waals surface area (Å²) in [5, 5.41) is 24.2. The largest absolute Gasteiger partial charge is 0.478 e. The molecular weight excluding hydrogens is 597 g/mol. The molecule has 6 aromatic carbocycles. The minimum Gasteiger partial charge on any atom is -0.478 e. The SMILES string of the molecule is O=C(O)c1cc(S(=O)(=O)N(c2cccc3ccccc23)c2cccc3ccccc23)ccc1SCc1ccc([N+](=O)[O-])cc1. The van der Waals surface area contributed by atoms with E-state index in [-0.39, 0.29) is 16.1 Å². The molecule has 8 nitrogen and oxygen atoms in total. The molecule has 1 N–H and O–H groups in total. The fourth-order valence-corrected chi connectivity index (χ4v) is 7.64. The first-order chi connectivity index (χ1) is 21.2. The third-order valence-electron chi connectivity index (χ3n) is 7.23. The lowest BCUT2D eigenvalue weighted by molar-refractivity contribution is -0.384. The van der Waals surface area contributed by atoms with Crippen molar-refractivity contribution in [3.63, 3.8) is 0 Å². The molecule has 0 heterocycles. The van der Waals surface area contributed by atoms with Gasteiger partial charge in [-0.05, 0) is 46.7 Å². The topological polar surface area (TPSA) is 118 Å². The van der Waals surface area contributed by atoms with E-state index in [1.165, 1.54) is 46.4 Å². The number of carboxylic acids is 1. The van der Waals surface area contributed by atoms with Crippen LogP contribution in [0.5, 0.6) is 0 Å². The molecule has 0 aliphatic rings. The number of hydrogen-bond acceptors (Lipinski definition) is 6. The summed E-state index contributed by atoms with van der Waals surface area (Å²) in [4.78, 5) is 23.1. The van der Waals surface area contributed by atoms with Crippen LogP contribution in [-0.4, -0.2) is 24.4 Å². The van der Waals surface area contributed by atoms with Crippen LogP contribution in [0.15, 0.2) is 137 Å². The highest BCUT2D eigenvalue weighted by Crippen LogP contribution is 2.41. The molecule has 0 fully saturated rings. The minimum atomic E-state index is -4.35. The number of nitro groups is 1. The second-order valence-electron chi connectivity index (χ2n) is 9.94. The van der Waals surface area contributed by atoms with E-state index in [2.05, 4.69) is 0 Å². The minimum absolute atomic E-state index is 0.0403. The van der Waals surface area contributed by atoms with Gasteiger partial charge in [0.1, 0.15) is 0 Å². The van der Waals surface area contributed by atoms with Gasteiger partial charge in [-0.25, -0.2) is 17.5 Å². The highest BCUT2D eigenvalue weighted by Gasteiger charge is 2.30. The molecule has 0 aliphatic carbocycles. The Morgan fingerprint density at radius 3 is 1.84 bits per heavy atom. The molecule has 0 aromatic heterocycles. The highest BCUT2D eigenvalue weighted by atomic mass is 32.2. The lowest BCUT2D eigenvalue weighted by Gasteiger charge is -2.27. The van der Waals surface area contributed by atoms with Crippen LogP contribution in [0.3, 0.4) is 0 Å².